The Kier molecular flexibility index (Phi) is 5.83. The van der Waals surface area contributed by atoms with Crippen molar-refractivity contribution in [3.8, 4) is 0 Å². The summed E-state index contributed by atoms with van der Waals surface area (Å²) in [6.07, 6.45) is -0.211. The Bertz CT molecular complexity index is 643. The van der Waals surface area contributed by atoms with Gasteiger partial charge < -0.3 is 15.7 Å². The van der Waals surface area contributed by atoms with Crippen LogP contribution >= 0.6 is 0 Å². The van der Waals surface area contributed by atoms with Crippen LogP contribution in [-0.2, 0) is 9.59 Å². The number of rotatable bonds is 6. The number of carbonyl (C=O) groups excluding carboxylic acids is 1. The molecule has 1 amide bonds. The molecule has 130 valence electrons. The molecule has 0 bridgehead atoms. The van der Waals surface area contributed by atoms with Gasteiger partial charge in [0, 0.05) is 38.3 Å². The van der Waals surface area contributed by atoms with Gasteiger partial charge in [0.25, 0.3) is 5.69 Å². The van der Waals surface area contributed by atoms with Crippen LogP contribution in [-0.4, -0.2) is 59.0 Å². The van der Waals surface area contributed by atoms with Gasteiger partial charge in [0.15, 0.2) is 0 Å². The van der Waals surface area contributed by atoms with Crippen molar-refractivity contribution < 1.29 is 19.6 Å². The minimum Gasteiger partial charge on any atom is -0.480 e. The zero-order valence-corrected chi connectivity index (χ0v) is 13.3. The van der Waals surface area contributed by atoms with E-state index in [0.717, 1.165) is 0 Å². The maximum absolute atomic E-state index is 12.2. The molecular formula is C15H20N4O5. The molecule has 0 aliphatic carbocycles. The molecule has 1 heterocycles. The number of carboxylic acid groups (broad SMARTS) is 1. The van der Waals surface area contributed by atoms with E-state index in [4.69, 9.17) is 0 Å². The Hall–Kier alpha value is -2.52. The van der Waals surface area contributed by atoms with Crippen LogP contribution in [0, 0.1) is 17.0 Å². The van der Waals surface area contributed by atoms with Gasteiger partial charge in [-0.15, -0.1) is 0 Å². The molecule has 3 N–H and O–H groups in total. The molecule has 1 aliphatic heterocycles. The Labute approximate surface area is 138 Å². The van der Waals surface area contributed by atoms with Crippen LogP contribution in [0.5, 0.6) is 0 Å². The average molecular weight is 336 g/mol. The first kappa shape index (κ1) is 17.8. The lowest BCUT2D eigenvalue weighted by Crippen LogP contribution is -2.52. The quantitative estimate of drug-likeness (QED) is 0.513. The maximum atomic E-state index is 12.2. The first-order chi connectivity index (χ1) is 11.4. The lowest BCUT2D eigenvalue weighted by molar-refractivity contribution is -0.384. The number of hydrogen-bond acceptors (Lipinski definition) is 6. The van der Waals surface area contributed by atoms with Crippen LogP contribution in [0.2, 0.25) is 0 Å². The summed E-state index contributed by atoms with van der Waals surface area (Å²) in [4.78, 5) is 35.7. The summed E-state index contributed by atoms with van der Waals surface area (Å²) in [6.45, 7) is 4.18. The average Bonchev–Trinajstić information content (AvgIpc) is 2.55. The molecule has 0 radical (unpaired) electrons. The van der Waals surface area contributed by atoms with Gasteiger partial charge in [-0.05, 0) is 12.5 Å². The molecule has 24 heavy (non-hydrogen) atoms. The van der Waals surface area contributed by atoms with Crippen molar-refractivity contribution in [3.05, 3.63) is 33.9 Å². The first-order valence-electron chi connectivity index (χ1n) is 7.61. The highest BCUT2D eigenvalue weighted by Crippen LogP contribution is 2.22. The smallest absolute Gasteiger partial charge is 0.321 e. The van der Waals surface area contributed by atoms with Crippen LogP contribution in [0.4, 0.5) is 11.4 Å². The number of anilines is 1. The predicted molar refractivity (Wildman–Crippen MR) is 86.9 cm³/mol. The number of benzene rings is 1. The number of nitro groups is 1. The highest BCUT2D eigenvalue weighted by Gasteiger charge is 2.29. The lowest BCUT2D eigenvalue weighted by Gasteiger charge is -2.32. The molecule has 9 nitrogen and oxygen atoms in total. The second-order valence-corrected chi connectivity index (χ2v) is 5.65. The minimum absolute atomic E-state index is 0.132. The van der Waals surface area contributed by atoms with Crippen molar-refractivity contribution in [1.29, 1.82) is 0 Å². The van der Waals surface area contributed by atoms with Gasteiger partial charge in [0.1, 0.15) is 6.04 Å². The van der Waals surface area contributed by atoms with Gasteiger partial charge in [-0.1, -0.05) is 6.07 Å². The topological polar surface area (TPSA) is 125 Å². The fraction of sp³-hybridized carbons (Fsp3) is 0.467. The van der Waals surface area contributed by atoms with Crippen LogP contribution in [0.1, 0.15) is 12.0 Å². The molecule has 1 saturated heterocycles. The Balaban J connectivity index is 2.06. The lowest BCUT2D eigenvalue weighted by atomic mass is 10.1. The fourth-order valence-corrected chi connectivity index (χ4v) is 2.60. The number of aryl methyl sites for hydroxylation is 1. The SMILES string of the molecule is Cc1ccc([N+](=O)[O-])cc1NC(=O)CC(C(=O)O)N1CCNCC1. The van der Waals surface area contributed by atoms with Gasteiger partial charge in [0.05, 0.1) is 17.0 Å². The Morgan fingerprint density at radius 3 is 2.67 bits per heavy atom. The van der Waals surface area contributed by atoms with Crippen molar-refractivity contribution in [2.24, 2.45) is 0 Å². The van der Waals surface area contributed by atoms with Gasteiger partial charge in [-0.3, -0.25) is 24.6 Å². The number of aliphatic carboxylic acids is 1. The third-order valence-corrected chi connectivity index (χ3v) is 3.96. The molecule has 1 aliphatic rings. The van der Waals surface area contributed by atoms with Gasteiger partial charge >= 0.3 is 5.97 Å². The third kappa shape index (κ3) is 4.49. The van der Waals surface area contributed by atoms with Crippen LogP contribution in [0.25, 0.3) is 0 Å². The second-order valence-electron chi connectivity index (χ2n) is 5.65. The maximum Gasteiger partial charge on any atom is 0.321 e. The number of carbonyl (C=O) groups is 2. The van der Waals surface area contributed by atoms with Gasteiger partial charge in [-0.2, -0.15) is 0 Å². The summed E-state index contributed by atoms with van der Waals surface area (Å²) in [5.41, 5.74) is 0.856. The van der Waals surface area contributed by atoms with E-state index in [0.29, 0.717) is 37.4 Å². The predicted octanol–water partition coefficient (Wildman–Crippen LogP) is 0.590. The first-order valence-corrected chi connectivity index (χ1v) is 7.61. The fourth-order valence-electron chi connectivity index (χ4n) is 2.60. The van der Waals surface area contributed by atoms with E-state index < -0.39 is 22.8 Å². The molecule has 0 saturated carbocycles. The van der Waals surface area contributed by atoms with E-state index in [9.17, 15) is 24.8 Å². The number of amides is 1. The normalized spacial score (nSPS) is 16.4. The molecule has 1 aromatic rings. The molecule has 1 fully saturated rings. The minimum atomic E-state index is -1.05. The summed E-state index contributed by atoms with van der Waals surface area (Å²) in [5, 5.41) is 25.9. The van der Waals surface area contributed by atoms with Gasteiger partial charge in [0.2, 0.25) is 5.91 Å². The van der Waals surface area contributed by atoms with E-state index in [1.54, 1.807) is 17.9 Å². The van der Waals surface area contributed by atoms with E-state index in [2.05, 4.69) is 10.6 Å². The van der Waals surface area contributed by atoms with Crippen molar-refractivity contribution in [2.75, 3.05) is 31.5 Å². The number of piperazine rings is 1. The molecule has 1 aromatic carbocycles. The summed E-state index contributed by atoms with van der Waals surface area (Å²) in [7, 11) is 0. The van der Waals surface area contributed by atoms with Crippen LogP contribution < -0.4 is 10.6 Å². The zero-order valence-electron chi connectivity index (χ0n) is 13.3. The molecule has 1 unspecified atom stereocenters. The van der Waals surface area contributed by atoms with Crippen LogP contribution in [0.15, 0.2) is 18.2 Å². The zero-order chi connectivity index (χ0) is 17.7. The van der Waals surface area contributed by atoms with E-state index in [-0.39, 0.29) is 12.1 Å². The molecular weight excluding hydrogens is 316 g/mol. The Morgan fingerprint density at radius 1 is 1.42 bits per heavy atom. The monoisotopic (exact) mass is 336 g/mol. The largest absolute Gasteiger partial charge is 0.480 e. The number of nitro benzene ring substituents is 1. The molecule has 2 rings (SSSR count). The second kappa shape index (κ2) is 7.84. The summed E-state index contributed by atoms with van der Waals surface area (Å²) in [6, 6.07) is 3.25. The van der Waals surface area contributed by atoms with Crippen LogP contribution in [0.3, 0.4) is 0 Å². The number of hydrogen-bond donors (Lipinski definition) is 3. The van der Waals surface area contributed by atoms with Crippen molar-refractivity contribution in [3.63, 3.8) is 0 Å². The van der Waals surface area contributed by atoms with Crippen molar-refractivity contribution >= 4 is 23.3 Å². The summed E-state index contributed by atoms with van der Waals surface area (Å²) < 4.78 is 0. The third-order valence-electron chi connectivity index (χ3n) is 3.96. The highest BCUT2D eigenvalue weighted by atomic mass is 16.6. The highest BCUT2D eigenvalue weighted by molar-refractivity contribution is 5.94. The van der Waals surface area contributed by atoms with E-state index in [1.165, 1.54) is 12.1 Å². The molecule has 0 spiro atoms. The molecule has 9 heteroatoms. The Morgan fingerprint density at radius 2 is 2.08 bits per heavy atom. The van der Waals surface area contributed by atoms with E-state index in [1.807, 2.05) is 0 Å². The summed E-state index contributed by atoms with van der Waals surface area (Å²) >= 11 is 0. The number of carboxylic acids is 1. The standard InChI is InChI=1S/C15H20N4O5/c1-10-2-3-11(19(23)24)8-12(10)17-14(20)9-13(15(21)22)18-6-4-16-5-7-18/h2-3,8,13,16H,4-7,9H2,1H3,(H,17,20)(H,21,22). The number of non-ortho nitro benzene ring substituents is 1. The van der Waals surface area contributed by atoms with Gasteiger partial charge in [-0.25, -0.2) is 0 Å². The van der Waals surface area contributed by atoms with Crippen molar-refractivity contribution in [2.45, 2.75) is 19.4 Å². The number of nitrogens with one attached hydrogen (secondary N) is 2. The summed E-state index contributed by atoms with van der Waals surface area (Å²) in [5.74, 6) is -1.53. The molecule has 1 atom stereocenters. The number of nitrogens with zero attached hydrogens (tertiary/aromatic N) is 2. The molecule has 0 aromatic heterocycles. The van der Waals surface area contributed by atoms with Crippen molar-refractivity contribution in [1.82, 2.24) is 10.2 Å². The van der Waals surface area contributed by atoms with E-state index >= 15 is 0 Å².